The van der Waals surface area contributed by atoms with Crippen LogP contribution in [0.25, 0.3) is 0 Å². The van der Waals surface area contributed by atoms with Crippen molar-refractivity contribution in [2.45, 2.75) is 32.1 Å². The Labute approximate surface area is 118 Å². The number of carbonyl (C=O) groups excluding carboxylic acids is 1. The van der Waals surface area contributed by atoms with E-state index in [1.165, 1.54) is 0 Å². The summed E-state index contributed by atoms with van der Waals surface area (Å²) in [5.74, 6) is 0.561. The second-order valence-electron chi connectivity index (χ2n) is 5.85. The maximum Gasteiger partial charge on any atom is 0.293 e. The van der Waals surface area contributed by atoms with Crippen LogP contribution in [-0.4, -0.2) is 41.7 Å². The molecule has 0 radical (unpaired) electrons. The standard InChI is InChI=1S/C9H11N3O.C5H10O2/c10-8-2-1-7(5-11-8)9-6-12(9)3-4-13-9;1-5(2,3)7-4-6/h1-2,5H,3-4,6H2,(H2,10,11);4H,1-3H3. The van der Waals surface area contributed by atoms with Gasteiger partial charge in [-0.05, 0) is 32.9 Å². The summed E-state index contributed by atoms with van der Waals surface area (Å²) < 4.78 is 10.2. The monoisotopic (exact) mass is 279 g/mol. The third-order valence-electron chi connectivity index (χ3n) is 3.15. The molecule has 0 aromatic carbocycles. The first-order valence-corrected chi connectivity index (χ1v) is 6.60. The largest absolute Gasteiger partial charge is 0.462 e. The molecular weight excluding hydrogens is 258 g/mol. The molecule has 1 aromatic heterocycles. The van der Waals surface area contributed by atoms with Crippen LogP contribution in [0.4, 0.5) is 5.82 Å². The minimum atomic E-state index is -0.318. The SMILES string of the molecule is CC(C)(C)OC=O.Nc1ccc(C23CN2CCO3)cn1. The molecule has 6 nitrogen and oxygen atoms in total. The molecular formula is C14H21N3O3. The van der Waals surface area contributed by atoms with E-state index >= 15 is 0 Å². The molecule has 2 aliphatic rings. The van der Waals surface area contributed by atoms with Gasteiger partial charge in [0.1, 0.15) is 11.4 Å². The summed E-state index contributed by atoms with van der Waals surface area (Å²) >= 11 is 0. The average Bonchev–Trinajstić information content (AvgIpc) is 2.92. The fraction of sp³-hybridized carbons (Fsp3) is 0.571. The predicted molar refractivity (Wildman–Crippen MR) is 74.8 cm³/mol. The number of carbonyl (C=O) groups is 1. The van der Waals surface area contributed by atoms with Gasteiger partial charge in [0.15, 0.2) is 5.72 Å². The number of fused-ring (bicyclic) bond motifs is 1. The van der Waals surface area contributed by atoms with Crippen LogP contribution in [0.2, 0.25) is 0 Å². The smallest absolute Gasteiger partial charge is 0.293 e. The molecule has 3 rings (SSSR count). The Morgan fingerprint density at radius 1 is 1.50 bits per heavy atom. The van der Waals surface area contributed by atoms with E-state index in [1.54, 1.807) is 6.20 Å². The lowest BCUT2D eigenvalue weighted by Gasteiger charge is -2.14. The zero-order chi connectivity index (χ0) is 14.8. The number of nitrogens with zero attached hydrogens (tertiary/aromatic N) is 2. The number of nitrogens with two attached hydrogens (primary N) is 1. The summed E-state index contributed by atoms with van der Waals surface area (Å²) in [6.07, 6.45) is 1.81. The Morgan fingerprint density at radius 3 is 2.60 bits per heavy atom. The lowest BCUT2D eigenvalue weighted by Crippen LogP contribution is -2.17. The number of morpholine rings is 1. The summed E-state index contributed by atoms with van der Waals surface area (Å²) in [5.41, 5.74) is 6.18. The number of pyridine rings is 1. The zero-order valence-corrected chi connectivity index (χ0v) is 12.1. The molecule has 6 heteroatoms. The predicted octanol–water partition coefficient (Wildman–Crippen LogP) is 1.12. The highest BCUT2D eigenvalue weighted by Gasteiger charge is 2.58. The zero-order valence-electron chi connectivity index (χ0n) is 12.1. The first-order valence-electron chi connectivity index (χ1n) is 6.60. The van der Waals surface area contributed by atoms with Crippen molar-refractivity contribution in [3.8, 4) is 0 Å². The molecule has 0 amide bonds. The number of rotatable bonds is 2. The van der Waals surface area contributed by atoms with Gasteiger partial charge in [0.25, 0.3) is 6.47 Å². The van der Waals surface area contributed by atoms with Gasteiger partial charge in [0.05, 0.1) is 6.61 Å². The van der Waals surface area contributed by atoms with Crippen LogP contribution >= 0.6 is 0 Å². The van der Waals surface area contributed by atoms with Crippen molar-refractivity contribution in [3.05, 3.63) is 23.9 Å². The molecule has 2 saturated heterocycles. The minimum Gasteiger partial charge on any atom is -0.462 e. The molecule has 0 spiro atoms. The molecule has 3 heterocycles. The van der Waals surface area contributed by atoms with Crippen LogP contribution in [0.15, 0.2) is 18.3 Å². The van der Waals surface area contributed by atoms with E-state index in [2.05, 4.69) is 14.6 Å². The Bertz CT molecular complexity index is 470. The molecule has 0 saturated carbocycles. The summed E-state index contributed by atoms with van der Waals surface area (Å²) in [5, 5.41) is 0. The van der Waals surface area contributed by atoms with Gasteiger partial charge in [-0.25, -0.2) is 4.98 Å². The highest BCUT2D eigenvalue weighted by molar-refractivity contribution is 5.37. The van der Waals surface area contributed by atoms with Crippen molar-refractivity contribution in [2.75, 3.05) is 25.4 Å². The van der Waals surface area contributed by atoms with E-state index < -0.39 is 0 Å². The highest BCUT2D eigenvalue weighted by atomic mass is 16.5. The summed E-state index contributed by atoms with van der Waals surface area (Å²) in [7, 11) is 0. The van der Waals surface area contributed by atoms with E-state index in [9.17, 15) is 4.79 Å². The van der Waals surface area contributed by atoms with E-state index in [-0.39, 0.29) is 11.3 Å². The summed E-state index contributed by atoms with van der Waals surface area (Å²) in [6, 6.07) is 3.82. The first-order chi connectivity index (χ1) is 9.37. The number of hydrogen-bond acceptors (Lipinski definition) is 6. The molecule has 1 aromatic rings. The first kappa shape index (κ1) is 14.7. The Morgan fingerprint density at radius 2 is 2.25 bits per heavy atom. The molecule has 2 unspecified atom stereocenters. The molecule has 0 aliphatic carbocycles. The van der Waals surface area contributed by atoms with Crippen molar-refractivity contribution in [3.63, 3.8) is 0 Å². The van der Waals surface area contributed by atoms with Gasteiger partial charge in [0, 0.05) is 24.8 Å². The number of ether oxygens (including phenoxy) is 2. The van der Waals surface area contributed by atoms with E-state index in [1.807, 2.05) is 32.9 Å². The molecule has 2 atom stereocenters. The van der Waals surface area contributed by atoms with Crippen LogP contribution in [0.3, 0.4) is 0 Å². The maximum absolute atomic E-state index is 9.60. The normalized spacial score (nSPS) is 27.1. The van der Waals surface area contributed by atoms with E-state index in [0.717, 1.165) is 25.3 Å². The maximum atomic E-state index is 9.60. The molecule has 2 aliphatic heterocycles. The quantitative estimate of drug-likeness (QED) is 0.645. The summed E-state index contributed by atoms with van der Waals surface area (Å²) in [4.78, 5) is 16.0. The van der Waals surface area contributed by atoms with Gasteiger partial charge in [-0.2, -0.15) is 0 Å². The fourth-order valence-electron chi connectivity index (χ4n) is 2.08. The molecule has 2 N–H and O–H groups in total. The van der Waals surface area contributed by atoms with Crippen LogP contribution in [0.1, 0.15) is 26.3 Å². The van der Waals surface area contributed by atoms with Gasteiger partial charge in [-0.3, -0.25) is 9.69 Å². The number of anilines is 1. The van der Waals surface area contributed by atoms with Crippen LogP contribution in [0.5, 0.6) is 0 Å². The lowest BCUT2D eigenvalue weighted by molar-refractivity contribution is -0.138. The van der Waals surface area contributed by atoms with Gasteiger partial charge in [-0.15, -0.1) is 0 Å². The van der Waals surface area contributed by atoms with Crippen molar-refractivity contribution in [1.82, 2.24) is 9.88 Å². The molecule has 2 fully saturated rings. The molecule has 20 heavy (non-hydrogen) atoms. The van der Waals surface area contributed by atoms with Gasteiger partial charge < -0.3 is 15.2 Å². The fourth-order valence-corrected chi connectivity index (χ4v) is 2.08. The third-order valence-corrected chi connectivity index (χ3v) is 3.15. The molecule has 110 valence electrons. The topological polar surface area (TPSA) is 77.5 Å². The van der Waals surface area contributed by atoms with Crippen molar-refractivity contribution in [2.24, 2.45) is 0 Å². The van der Waals surface area contributed by atoms with Crippen LogP contribution in [0, 0.1) is 0 Å². The molecule has 0 bridgehead atoms. The number of aromatic nitrogens is 1. The Kier molecular flexibility index (Phi) is 3.96. The second kappa shape index (κ2) is 5.38. The van der Waals surface area contributed by atoms with Crippen LogP contribution < -0.4 is 5.73 Å². The number of hydrogen-bond donors (Lipinski definition) is 1. The van der Waals surface area contributed by atoms with E-state index in [4.69, 9.17) is 10.5 Å². The van der Waals surface area contributed by atoms with Crippen molar-refractivity contribution in [1.29, 1.82) is 0 Å². The van der Waals surface area contributed by atoms with Crippen LogP contribution in [-0.2, 0) is 20.0 Å². The van der Waals surface area contributed by atoms with Gasteiger partial charge in [0.2, 0.25) is 0 Å². The van der Waals surface area contributed by atoms with Crippen molar-refractivity contribution < 1.29 is 14.3 Å². The third kappa shape index (κ3) is 3.26. The average molecular weight is 279 g/mol. The summed E-state index contributed by atoms with van der Waals surface area (Å²) in [6.45, 7) is 8.78. The van der Waals surface area contributed by atoms with Crippen molar-refractivity contribution >= 4 is 12.3 Å². The van der Waals surface area contributed by atoms with E-state index in [0.29, 0.717) is 12.3 Å². The highest BCUT2D eigenvalue weighted by Crippen LogP contribution is 2.46. The Hall–Kier alpha value is -1.66. The lowest BCUT2D eigenvalue weighted by atomic mass is 10.2. The number of nitrogen functional groups attached to an aromatic ring is 1. The van der Waals surface area contributed by atoms with Gasteiger partial charge in [-0.1, -0.05) is 0 Å². The minimum absolute atomic E-state index is 0.138. The Balaban J connectivity index is 0.000000182. The second-order valence-corrected chi connectivity index (χ2v) is 5.85. The van der Waals surface area contributed by atoms with Gasteiger partial charge >= 0.3 is 0 Å².